The highest BCUT2D eigenvalue weighted by Crippen LogP contribution is 2.28. The number of nitrogens with zero attached hydrogens (tertiary/aromatic N) is 3. The minimum atomic E-state index is -0.253. The Hall–Kier alpha value is -2.66. The summed E-state index contributed by atoms with van der Waals surface area (Å²) in [7, 11) is 2.16. The molecule has 0 bridgehead atoms. The first-order valence-electron chi connectivity index (χ1n) is 8.96. The average Bonchev–Trinajstić information content (AvgIpc) is 2.64. The van der Waals surface area contributed by atoms with Crippen molar-refractivity contribution in [2.45, 2.75) is 6.92 Å². The van der Waals surface area contributed by atoms with Crippen LogP contribution in [-0.2, 0) is 0 Å². The number of hydrogen-bond donors (Lipinski definition) is 1. The maximum atomic E-state index is 13.7. The number of aromatic nitrogens is 1. The van der Waals surface area contributed by atoms with E-state index in [-0.39, 0.29) is 5.82 Å². The van der Waals surface area contributed by atoms with Crippen LogP contribution in [0, 0.1) is 12.7 Å². The molecule has 1 saturated heterocycles. The van der Waals surface area contributed by atoms with Crippen molar-refractivity contribution in [3.63, 3.8) is 0 Å². The number of halogens is 1. The van der Waals surface area contributed by atoms with E-state index in [1.807, 2.05) is 13.0 Å². The second kappa shape index (κ2) is 6.92. The molecule has 134 valence electrons. The van der Waals surface area contributed by atoms with Gasteiger partial charge in [0.1, 0.15) is 5.82 Å². The van der Waals surface area contributed by atoms with Crippen LogP contribution in [0.2, 0.25) is 0 Å². The van der Waals surface area contributed by atoms with Gasteiger partial charge < -0.3 is 15.1 Å². The zero-order valence-electron chi connectivity index (χ0n) is 15.2. The molecular formula is C21H23FN4. The quantitative estimate of drug-likeness (QED) is 0.768. The predicted octanol–water partition coefficient (Wildman–Crippen LogP) is 4.18. The molecule has 1 aliphatic heterocycles. The molecule has 0 radical (unpaired) electrons. The van der Waals surface area contributed by atoms with Crippen LogP contribution in [0.4, 0.5) is 21.5 Å². The molecule has 2 aromatic carbocycles. The van der Waals surface area contributed by atoms with Crippen LogP contribution in [0.25, 0.3) is 10.9 Å². The second-order valence-corrected chi connectivity index (χ2v) is 6.93. The first kappa shape index (κ1) is 16.8. The van der Waals surface area contributed by atoms with Crippen molar-refractivity contribution in [2.24, 2.45) is 0 Å². The van der Waals surface area contributed by atoms with Gasteiger partial charge in [0.15, 0.2) is 0 Å². The topological polar surface area (TPSA) is 31.4 Å². The number of nitrogens with one attached hydrogen (secondary N) is 1. The number of anilines is 3. The molecule has 4 rings (SSSR count). The van der Waals surface area contributed by atoms with E-state index in [0.29, 0.717) is 0 Å². The van der Waals surface area contributed by atoms with Crippen LogP contribution in [0.1, 0.15) is 5.69 Å². The van der Waals surface area contributed by atoms with Crippen LogP contribution >= 0.6 is 0 Å². The van der Waals surface area contributed by atoms with Crippen LogP contribution in [0.15, 0.2) is 48.5 Å². The fourth-order valence-electron chi connectivity index (χ4n) is 3.41. The molecule has 1 fully saturated rings. The van der Waals surface area contributed by atoms with Gasteiger partial charge in [0.05, 0.1) is 5.52 Å². The summed E-state index contributed by atoms with van der Waals surface area (Å²) in [6.45, 7) is 6.24. The molecule has 0 saturated carbocycles. The highest BCUT2D eigenvalue weighted by molar-refractivity contribution is 5.93. The molecule has 0 atom stereocenters. The van der Waals surface area contributed by atoms with Crippen LogP contribution in [0.5, 0.6) is 0 Å². The van der Waals surface area contributed by atoms with Gasteiger partial charge in [-0.25, -0.2) is 4.39 Å². The van der Waals surface area contributed by atoms with Gasteiger partial charge in [-0.3, -0.25) is 4.98 Å². The Labute approximate surface area is 153 Å². The number of piperazine rings is 1. The summed E-state index contributed by atoms with van der Waals surface area (Å²) in [5, 5.41) is 4.21. The molecule has 1 aromatic heterocycles. The summed E-state index contributed by atoms with van der Waals surface area (Å²) in [5.41, 5.74) is 4.80. The van der Waals surface area contributed by atoms with Crippen molar-refractivity contribution in [3.05, 3.63) is 60.0 Å². The van der Waals surface area contributed by atoms with E-state index in [0.717, 1.165) is 54.2 Å². The number of pyridine rings is 1. The molecule has 0 spiro atoms. The summed E-state index contributed by atoms with van der Waals surface area (Å²) in [6, 6.07) is 15.1. The van der Waals surface area contributed by atoms with Crippen LogP contribution < -0.4 is 10.2 Å². The van der Waals surface area contributed by atoms with E-state index in [1.54, 1.807) is 6.07 Å². The van der Waals surface area contributed by atoms with Gasteiger partial charge in [-0.1, -0.05) is 0 Å². The summed E-state index contributed by atoms with van der Waals surface area (Å²) in [5.74, 6) is -0.253. The fourth-order valence-corrected chi connectivity index (χ4v) is 3.41. The van der Waals surface area contributed by atoms with Gasteiger partial charge in [0, 0.05) is 54.3 Å². The van der Waals surface area contributed by atoms with E-state index < -0.39 is 0 Å². The van der Waals surface area contributed by atoms with Crippen molar-refractivity contribution < 1.29 is 4.39 Å². The smallest absolute Gasteiger partial charge is 0.124 e. The summed E-state index contributed by atoms with van der Waals surface area (Å²) >= 11 is 0. The van der Waals surface area contributed by atoms with E-state index in [1.165, 1.54) is 17.8 Å². The predicted molar refractivity (Wildman–Crippen MR) is 106 cm³/mol. The van der Waals surface area contributed by atoms with E-state index in [9.17, 15) is 4.39 Å². The van der Waals surface area contributed by atoms with Gasteiger partial charge in [-0.05, 0) is 62.5 Å². The molecule has 1 aliphatic rings. The van der Waals surface area contributed by atoms with E-state index >= 15 is 0 Å². The van der Waals surface area contributed by atoms with Crippen LogP contribution in [-0.4, -0.2) is 43.1 Å². The summed E-state index contributed by atoms with van der Waals surface area (Å²) < 4.78 is 13.7. The largest absolute Gasteiger partial charge is 0.369 e. The number of hydrogen-bond acceptors (Lipinski definition) is 4. The molecule has 5 heteroatoms. The van der Waals surface area contributed by atoms with E-state index in [2.05, 4.69) is 51.4 Å². The molecule has 0 aliphatic carbocycles. The van der Waals surface area contributed by atoms with Crippen molar-refractivity contribution in [1.82, 2.24) is 9.88 Å². The molecule has 26 heavy (non-hydrogen) atoms. The first-order valence-corrected chi connectivity index (χ1v) is 8.96. The summed E-state index contributed by atoms with van der Waals surface area (Å²) in [4.78, 5) is 9.24. The Morgan fingerprint density at radius 1 is 0.962 bits per heavy atom. The number of likely N-dealkylation sites (N-methyl/N-ethyl adjacent to an activating group) is 1. The number of aryl methyl sites for hydroxylation is 1. The lowest BCUT2D eigenvalue weighted by Crippen LogP contribution is -2.44. The Morgan fingerprint density at radius 3 is 2.42 bits per heavy atom. The minimum Gasteiger partial charge on any atom is -0.369 e. The highest BCUT2D eigenvalue weighted by atomic mass is 19.1. The van der Waals surface area contributed by atoms with Crippen molar-refractivity contribution in [2.75, 3.05) is 43.4 Å². The van der Waals surface area contributed by atoms with Gasteiger partial charge in [0.25, 0.3) is 0 Å². The molecule has 4 nitrogen and oxygen atoms in total. The zero-order chi connectivity index (χ0) is 18.1. The fraction of sp³-hybridized carbons (Fsp3) is 0.286. The molecular weight excluding hydrogens is 327 g/mol. The van der Waals surface area contributed by atoms with Gasteiger partial charge in [0.2, 0.25) is 0 Å². The third-order valence-corrected chi connectivity index (χ3v) is 4.91. The molecule has 2 heterocycles. The second-order valence-electron chi connectivity index (χ2n) is 6.93. The normalized spacial score (nSPS) is 15.4. The summed E-state index contributed by atoms with van der Waals surface area (Å²) in [6.07, 6.45) is 0. The Balaban J connectivity index is 1.58. The maximum absolute atomic E-state index is 13.7. The first-order chi connectivity index (χ1) is 12.6. The molecule has 1 N–H and O–H groups in total. The Kier molecular flexibility index (Phi) is 4.47. The number of benzene rings is 2. The van der Waals surface area contributed by atoms with Crippen molar-refractivity contribution >= 4 is 28.0 Å². The van der Waals surface area contributed by atoms with Gasteiger partial charge >= 0.3 is 0 Å². The van der Waals surface area contributed by atoms with Gasteiger partial charge in [-0.15, -0.1) is 0 Å². The standard InChI is InChI=1S/C21H23FN4/c1-15-13-21(19-14-16(22)3-8-20(19)23-15)24-17-4-6-18(7-5-17)26-11-9-25(2)10-12-26/h3-8,13-14H,9-12H2,1-2H3,(H,23,24). The number of rotatable bonds is 3. The number of fused-ring (bicyclic) bond motifs is 1. The monoisotopic (exact) mass is 350 g/mol. The molecule has 3 aromatic rings. The zero-order valence-corrected chi connectivity index (χ0v) is 15.2. The lowest BCUT2D eigenvalue weighted by Gasteiger charge is -2.34. The maximum Gasteiger partial charge on any atom is 0.124 e. The third-order valence-electron chi connectivity index (χ3n) is 4.91. The molecule has 0 amide bonds. The average molecular weight is 350 g/mol. The Bertz CT molecular complexity index is 915. The SMILES string of the molecule is Cc1cc(Nc2ccc(N3CCN(C)CC3)cc2)c2cc(F)ccc2n1. The van der Waals surface area contributed by atoms with Crippen molar-refractivity contribution in [1.29, 1.82) is 0 Å². The van der Waals surface area contributed by atoms with Crippen molar-refractivity contribution in [3.8, 4) is 0 Å². The lowest BCUT2D eigenvalue weighted by atomic mass is 10.1. The van der Waals surface area contributed by atoms with E-state index in [4.69, 9.17) is 0 Å². The molecule has 0 unspecified atom stereocenters. The van der Waals surface area contributed by atoms with Crippen LogP contribution in [0.3, 0.4) is 0 Å². The Morgan fingerprint density at radius 2 is 1.69 bits per heavy atom. The van der Waals surface area contributed by atoms with Gasteiger partial charge in [-0.2, -0.15) is 0 Å². The highest BCUT2D eigenvalue weighted by Gasteiger charge is 2.14. The third kappa shape index (κ3) is 3.48. The lowest BCUT2D eigenvalue weighted by molar-refractivity contribution is 0.313. The minimum absolute atomic E-state index is 0.253.